The van der Waals surface area contributed by atoms with E-state index in [1.54, 1.807) is 4.90 Å². The number of benzene rings is 4. The summed E-state index contributed by atoms with van der Waals surface area (Å²) < 4.78 is 49.7. The second-order valence-corrected chi connectivity index (χ2v) is 29.3. The number of amides is 2. The van der Waals surface area contributed by atoms with Gasteiger partial charge in [0.05, 0.1) is 46.4 Å². The summed E-state index contributed by atoms with van der Waals surface area (Å²) in [6.45, 7) is 29.5. The fraction of sp³-hybridized carbons (Fsp3) is 0.493. The maximum atomic E-state index is 12.9. The van der Waals surface area contributed by atoms with Crippen molar-refractivity contribution in [2.45, 2.75) is 213 Å². The van der Waals surface area contributed by atoms with Gasteiger partial charge in [-0.25, -0.2) is 14.6 Å². The molecule has 2 atom stereocenters. The number of aliphatic imine (C=N–C) groups is 1. The molecule has 0 saturated carbocycles. The Hall–Kier alpha value is -6.91. The van der Waals surface area contributed by atoms with Crippen LogP contribution in [0.1, 0.15) is 182 Å². The predicted molar refractivity (Wildman–Crippen MR) is 347 cm³/mol. The molecule has 3 aromatic heterocycles. The van der Waals surface area contributed by atoms with E-state index in [9.17, 15) is 9.59 Å². The van der Waals surface area contributed by atoms with Crippen molar-refractivity contribution in [2.24, 2.45) is 4.99 Å². The molecule has 0 spiro atoms. The van der Waals surface area contributed by atoms with Gasteiger partial charge in [0.15, 0.2) is 0 Å². The number of hydrogen-bond donors (Lipinski definition) is 1. The van der Waals surface area contributed by atoms with Crippen molar-refractivity contribution in [3.63, 3.8) is 0 Å². The predicted octanol–water partition coefficient (Wildman–Crippen LogP) is 14.8. The third-order valence-corrected chi connectivity index (χ3v) is 19.6. The fourth-order valence-electron chi connectivity index (χ4n) is 13.6. The van der Waals surface area contributed by atoms with Crippen LogP contribution in [-0.4, -0.2) is 105 Å². The van der Waals surface area contributed by atoms with E-state index in [-0.39, 0.29) is 60.9 Å². The summed E-state index contributed by atoms with van der Waals surface area (Å²) in [6.07, 6.45) is 13.6. The van der Waals surface area contributed by atoms with Gasteiger partial charge in [0, 0.05) is 70.0 Å². The highest BCUT2D eigenvalue weighted by Crippen LogP contribution is 2.45. The lowest BCUT2D eigenvalue weighted by Crippen LogP contribution is -2.43. The first kappa shape index (κ1) is 60.0. The lowest BCUT2D eigenvalue weighted by Gasteiger charge is -2.32. The van der Waals surface area contributed by atoms with Gasteiger partial charge in [-0.15, -0.1) is 0 Å². The molecule has 0 radical (unpaired) electrons. The Labute approximate surface area is 518 Å². The van der Waals surface area contributed by atoms with Gasteiger partial charge in [-0.1, -0.05) is 48.5 Å². The molecule has 7 aromatic rings. The molecular weight excluding hydrogens is 1100 g/mol. The smallest absolute Gasteiger partial charge is 0.456 e. The van der Waals surface area contributed by atoms with Crippen molar-refractivity contribution in [3.05, 3.63) is 119 Å². The van der Waals surface area contributed by atoms with E-state index in [4.69, 9.17) is 46.9 Å². The van der Waals surface area contributed by atoms with Gasteiger partial charge in [-0.05, 0) is 219 Å². The summed E-state index contributed by atoms with van der Waals surface area (Å²) in [4.78, 5) is 42.6. The number of hydrogen-bond acceptors (Lipinski definition) is 12. The molecule has 4 fully saturated rings. The van der Waals surface area contributed by atoms with Gasteiger partial charge in [-0.2, -0.15) is 0 Å². The molecule has 14 rings (SSSR count). The molecule has 2 amide bonds. The Morgan fingerprint density at radius 1 is 0.580 bits per heavy atom. The van der Waals surface area contributed by atoms with Crippen LogP contribution in [0.5, 0.6) is 0 Å². The molecule has 7 aliphatic rings. The van der Waals surface area contributed by atoms with E-state index in [2.05, 4.69) is 133 Å². The quantitative estimate of drug-likeness (QED) is 0.158. The Morgan fingerprint density at radius 3 is 1.65 bits per heavy atom. The van der Waals surface area contributed by atoms with Crippen molar-refractivity contribution in [3.8, 4) is 33.9 Å². The molecule has 0 bridgehead atoms. The summed E-state index contributed by atoms with van der Waals surface area (Å²) >= 11 is 0. The number of aromatic nitrogens is 2. The van der Waals surface area contributed by atoms with Crippen molar-refractivity contribution in [1.29, 1.82) is 0 Å². The van der Waals surface area contributed by atoms with E-state index >= 15 is 0 Å². The first-order valence-electron chi connectivity index (χ1n) is 32.0. The topological polar surface area (TPSA) is 163 Å². The minimum absolute atomic E-state index is 0.0181. The molecule has 17 heteroatoms. The van der Waals surface area contributed by atoms with Crippen LogP contribution in [0.4, 0.5) is 9.59 Å². The molecular formula is C71H85B2N5O10. The lowest BCUT2D eigenvalue weighted by molar-refractivity contribution is 0.00578. The standard InChI is InChI=1S/C42H49N5O5.C29H36B2O5/c1-41(2,3)51-39(48)46-18-8-12-34(46)32-22-28(23-43-32)25-14-16-29-26(20-25)10-7-11-30-31-21-27(15-17-36(31)50-37(29)30)33-24-44-38(45-33)35-13-9-19-47(35)40(49)52-42(4,5)6;1-26(2)27(3,4)34-30(33-26)19-12-14-21-18(16-19)10-9-11-22-23-17-20(13-15-24(23)32-25(21)22)31-35-28(5,6)29(7,8)36-31/h14-17,20-21,23-24,34-35H,7-13,18-19,22H2,1-6H3,(H,44,45);12-17H,9-11H2,1-8H3/t34-,35-;/m0./s1. The van der Waals surface area contributed by atoms with E-state index < -0.39 is 11.2 Å². The molecule has 8 heterocycles. The molecule has 0 unspecified atom stereocenters. The van der Waals surface area contributed by atoms with E-state index in [1.807, 2.05) is 58.8 Å². The Bertz CT molecular complexity index is 3930. The Morgan fingerprint density at radius 2 is 1.07 bits per heavy atom. The van der Waals surface area contributed by atoms with Crippen molar-refractivity contribution < 1.29 is 46.5 Å². The zero-order valence-electron chi connectivity index (χ0n) is 54.0. The number of aromatic amines is 1. The SMILES string of the molecule is CC(C)(C)OC(=O)N1CCC[C@H]1C1=NC=C(c2ccc3c(c2)CCCc2c-3oc3ccc(-c4cnc([C@@H]5CCCN5C(=O)OC(C)(C)C)[nH]4)cc23)C1.CC1(C)OB(c2ccc3c(c2)CCCc2c-3oc3ccc(B4OC(C)(C)C(C)(C)O4)cc23)OC1(C)C. The number of fused-ring (bicyclic) bond motifs is 10. The summed E-state index contributed by atoms with van der Waals surface area (Å²) in [5.74, 6) is 2.71. The van der Waals surface area contributed by atoms with Gasteiger partial charge in [0.25, 0.3) is 0 Å². The average molecular weight is 1190 g/mol. The number of H-pyrrole nitrogens is 1. The summed E-state index contributed by atoms with van der Waals surface area (Å²) in [5.41, 5.74) is 14.1. The number of allylic oxidation sites excluding steroid dienone is 1. The number of nitrogens with zero attached hydrogens (tertiary/aromatic N) is 4. The summed E-state index contributed by atoms with van der Waals surface area (Å²) in [5, 5.41) is 2.28. The van der Waals surface area contributed by atoms with Gasteiger partial charge in [0.2, 0.25) is 0 Å². The lowest BCUT2D eigenvalue weighted by atomic mass is 9.77. The van der Waals surface area contributed by atoms with Crippen LogP contribution in [0.3, 0.4) is 0 Å². The van der Waals surface area contributed by atoms with Crippen LogP contribution in [0, 0.1) is 0 Å². The second kappa shape index (κ2) is 21.9. The minimum Gasteiger partial charge on any atom is -0.456 e. The van der Waals surface area contributed by atoms with Crippen molar-refractivity contribution in [1.82, 2.24) is 19.8 Å². The number of aryl methyl sites for hydroxylation is 4. The van der Waals surface area contributed by atoms with Crippen LogP contribution in [0.15, 0.2) is 99.0 Å². The summed E-state index contributed by atoms with van der Waals surface area (Å²) in [6, 6.07) is 25.8. The second-order valence-electron chi connectivity index (χ2n) is 29.3. The van der Waals surface area contributed by atoms with Crippen LogP contribution >= 0.6 is 0 Å². The van der Waals surface area contributed by atoms with Crippen LogP contribution in [0.2, 0.25) is 0 Å². The van der Waals surface area contributed by atoms with Gasteiger partial charge < -0.3 is 41.9 Å². The van der Waals surface area contributed by atoms with Gasteiger partial charge >= 0.3 is 26.4 Å². The Kier molecular flexibility index (Phi) is 15.0. The highest BCUT2D eigenvalue weighted by molar-refractivity contribution is 6.62. The number of nitrogens with one attached hydrogen (secondary N) is 1. The molecule has 5 aliphatic heterocycles. The van der Waals surface area contributed by atoms with Gasteiger partial charge in [0.1, 0.15) is 39.7 Å². The zero-order valence-corrected chi connectivity index (χ0v) is 54.0. The molecule has 1 N–H and O–H groups in total. The average Bonchev–Trinajstić information content (AvgIpc) is 2.07. The number of ether oxygens (including phenoxy) is 2. The van der Waals surface area contributed by atoms with Gasteiger partial charge in [-0.3, -0.25) is 14.8 Å². The third-order valence-electron chi connectivity index (χ3n) is 19.6. The van der Waals surface area contributed by atoms with Crippen molar-refractivity contribution in [2.75, 3.05) is 13.1 Å². The number of imidazole rings is 1. The first-order chi connectivity index (χ1) is 41.6. The Balaban J connectivity index is 0.000000173. The molecule has 4 aromatic carbocycles. The first-order valence-corrected chi connectivity index (χ1v) is 32.0. The molecule has 88 heavy (non-hydrogen) atoms. The zero-order chi connectivity index (χ0) is 62.0. The molecule has 460 valence electrons. The number of furan rings is 2. The van der Waals surface area contributed by atoms with Crippen LogP contribution in [-0.2, 0) is 53.8 Å². The molecule has 15 nitrogen and oxygen atoms in total. The molecule has 2 aliphatic carbocycles. The van der Waals surface area contributed by atoms with E-state index in [0.29, 0.717) is 13.1 Å². The maximum absolute atomic E-state index is 12.9. The van der Waals surface area contributed by atoms with E-state index in [1.165, 1.54) is 33.4 Å². The van der Waals surface area contributed by atoms with E-state index in [0.717, 1.165) is 149 Å². The monoisotopic (exact) mass is 1190 g/mol. The number of rotatable bonds is 6. The molecule has 4 saturated heterocycles. The van der Waals surface area contributed by atoms with Crippen LogP contribution in [0.25, 0.3) is 61.4 Å². The highest BCUT2D eigenvalue weighted by atomic mass is 16.7. The number of carbonyl (C=O) groups is 2. The number of carbonyl (C=O) groups excluding carboxylic acids is 2. The van der Waals surface area contributed by atoms with Crippen molar-refractivity contribution >= 4 is 70.6 Å². The third kappa shape index (κ3) is 11.2. The largest absolute Gasteiger partial charge is 0.494 e. The normalized spacial score (nSPS) is 21.7. The minimum atomic E-state index is -0.546. The fourth-order valence-corrected chi connectivity index (χ4v) is 13.6. The number of likely N-dealkylation sites (tertiary alicyclic amines) is 2. The van der Waals surface area contributed by atoms with Crippen LogP contribution < -0.4 is 10.9 Å². The maximum Gasteiger partial charge on any atom is 0.494 e. The highest BCUT2D eigenvalue weighted by Gasteiger charge is 2.53. The summed E-state index contributed by atoms with van der Waals surface area (Å²) in [7, 11) is -0.744.